The molecule has 1 aromatic rings. The van der Waals surface area contributed by atoms with Gasteiger partial charge in [-0.3, -0.25) is 0 Å². The van der Waals surface area contributed by atoms with E-state index in [4.69, 9.17) is 17.3 Å². The molecule has 5 heteroatoms. The zero-order valence-electron chi connectivity index (χ0n) is 10.8. The average molecular weight is 267 g/mol. The number of rotatable bonds is 2. The smallest absolute Gasteiger partial charge is 0.153 e. The lowest BCUT2D eigenvalue weighted by Crippen LogP contribution is -2.63. The van der Waals surface area contributed by atoms with Crippen molar-refractivity contribution >= 4 is 17.3 Å². The van der Waals surface area contributed by atoms with Crippen LogP contribution >= 0.6 is 11.6 Å². The fraction of sp³-hybridized carbons (Fsp3) is 0.692. The van der Waals surface area contributed by atoms with Gasteiger partial charge in [-0.05, 0) is 11.8 Å². The zero-order chi connectivity index (χ0) is 12.9. The van der Waals surface area contributed by atoms with E-state index in [9.17, 15) is 0 Å². The van der Waals surface area contributed by atoms with Crippen molar-refractivity contribution in [1.29, 1.82) is 0 Å². The number of nitrogens with zero attached hydrogens (tertiary/aromatic N) is 3. The maximum Gasteiger partial charge on any atom is 0.153 e. The van der Waals surface area contributed by atoms with Crippen molar-refractivity contribution in [2.24, 2.45) is 23.0 Å². The monoisotopic (exact) mass is 266 g/mol. The van der Waals surface area contributed by atoms with Crippen molar-refractivity contribution in [3.63, 3.8) is 0 Å². The second-order valence-corrected chi connectivity index (χ2v) is 6.21. The molecule has 0 spiro atoms. The minimum absolute atomic E-state index is 0.246. The van der Waals surface area contributed by atoms with E-state index in [1.165, 1.54) is 6.42 Å². The molecule has 2 aliphatic rings. The summed E-state index contributed by atoms with van der Waals surface area (Å²) in [6, 6.07) is 2.21. The molecule has 1 saturated heterocycles. The highest BCUT2D eigenvalue weighted by Gasteiger charge is 2.60. The largest absolute Gasteiger partial charge is 0.369 e. The van der Waals surface area contributed by atoms with E-state index in [1.54, 1.807) is 6.20 Å². The van der Waals surface area contributed by atoms with Crippen molar-refractivity contribution in [2.75, 3.05) is 18.0 Å². The van der Waals surface area contributed by atoms with Gasteiger partial charge in [0.1, 0.15) is 0 Å². The quantitative estimate of drug-likeness (QED) is 0.889. The minimum Gasteiger partial charge on any atom is -0.369 e. The lowest BCUT2D eigenvalue weighted by Gasteiger charge is -2.54. The molecule has 2 fully saturated rings. The van der Waals surface area contributed by atoms with E-state index in [0.717, 1.165) is 18.8 Å². The second kappa shape index (κ2) is 4.07. The third-order valence-electron chi connectivity index (χ3n) is 4.98. The molecule has 1 aliphatic heterocycles. The maximum atomic E-state index is 6.34. The van der Waals surface area contributed by atoms with Gasteiger partial charge >= 0.3 is 0 Å². The molecule has 2 heterocycles. The molecule has 0 bridgehead atoms. The van der Waals surface area contributed by atoms with E-state index in [-0.39, 0.29) is 5.41 Å². The standard InChI is InChI=1S/C13H19ClN4/c1-3-9-10-6-18(7-13(10,2)12(9)15)8-4-11(14)17-16-5-8/h4-5,9-10,12H,3,6-7,15H2,1-2H3/t9-,10?,12-,13-/m1/s1. The molecule has 4 atom stereocenters. The van der Waals surface area contributed by atoms with Gasteiger partial charge in [0.2, 0.25) is 0 Å². The van der Waals surface area contributed by atoms with Crippen LogP contribution in [-0.4, -0.2) is 29.3 Å². The molecule has 3 rings (SSSR count). The molecule has 4 nitrogen and oxygen atoms in total. The Labute approximate surface area is 113 Å². The molecule has 1 unspecified atom stereocenters. The highest BCUT2D eigenvalue weighted by Crippen LogP contribution is 2.56. The highest BCUT2D eigenvalue weighted by atomic mass is 35.5. The summed E-state index contributed by atoms with van der Waals surface area (Å²) in [5.41, 5.74) is 7.65. The Morgan fingerprint density at radius 3 is 3.06 bits per heavy atom. The molecule has 98 valence electrons. The van der Waals surface area contributed by atoms with Gasteiger partial charge in [-0.25, -0.2) is 0 Å². The van der Waals surface area contributed by atoms with E-state index in [2.05, 4.69) is 28.9 Å². The Kier molecular flexibility index (Phi) is 2.75. The summed E-state index contributed by atoms with van der Waals surface area (Å²) >= 11 is 5.91. The lowest BCUT2D eigenvalue weighted by atomic mass is 9.52. The van der Waals surface area contributed by atoms with Crippen LogP contribution in [0.5, 0.6) is 0 Å². The van der Waals surface area contributed by atoms with Crippen LogP contribution in [0, 0.1) is 17.3 Å². The molecule has 1 aliphatic carbocycles. The fourth-order valence-electron chi connectivity index (χ4n) is 3.88. The first-order valence-corrected chi connectivity index (χ1v) is 6.93. The second-order valence-electron chi connectivity index (χ2n) is 5.83. The van der Waals surface area contributed by atoms with Crippen LogP contribution in [0.4, 0.5) is 5.69 Å². The number of nitrogens with two attached hydrogens (primary N) is 1. The van der Waals surface area contributed by atoms with Crippen LogP contribution in [0.3, 0.4) is 0 Å². The summed E-state index contributed by atoms with van der Waals surface area (Å²) in [6.45, 7) is 6.60. The Balaban J connectivity index is 1.83. The molecule has 18 heavy (non-hydrogen) atoms. The topological polar surface area (TPSA) is 55.0 Å². The number of anilines is 1. The molecule has 0 amide bonds. The van der Waals surface area contributed by atoms with Crippen molar-refractivity contribution in [1.82, 2.24) is 10.2 Å². The summed E-state index contributed by atoms with van der Waals surface area (Å²) in [5, 5.41) is 8.17. The van der Waals surface area contributed by atoms with Crippen molar-refractivity contribution in [3.05, 3.63) is 17.4 Å². The first-order chi connectivity index (χ1) is 8.56. The third-order valence-corrected chi connectivity index (χ3v) is 5.17. The van der Waals surface area contributed by atoms with Crippen LogP contribution < -0.4 is 10.6 Å². The van der Waals surface area contributed by atoms with Gasteiger partial charge in [0.15, 0.2) is 5.15 Å². The number of aromatic nitrogens is 2. The van der Waals surface area contributed by atoms with E-state index >= 15 is 0 Å². The number of halogens is 1. The van der Waals surface area contributed by atoms with Crippen molar-refractivity contribution in [3.8, 4) is 0 Å². The first kappa shape index (κ1) is 12.2. The summed E-state index contributed by atoms with van der Waals surface area (Å²) in [7, 11) is 0. The Bertz CT molecular complexity index is 466. The van der Waals surface area contributed by atoms with Gasteiger partial charge < -0.3 is 10.6 Å². The molecular weight excluding hydrogens is 248 g/mol. The summed E-state index contributed by atoms with van der Waals surface area (Å²) in [6.07, 6.45) is 2.96. The molecule has 1 saturated carbocycles. The van der Waals surface area contributed by atoms with Gasteiger partial charge in [0.05, 0.1) is 11.9 Å². The summed E-state index contributed by atoms with van der Waals surface area (Å²) in [4.78, 5) is 2.35. The Morgan fingerprint density at radius 2 is 2.39 bits per heavy atom. The van der Waals surface area contributed by atoms with Crippen molar-refractivity contribution < 1.29 is 0 Å². The fourth-order valence-corrected chi connectivity index (χ4v) is 4.03. The molecule has 0 radical (unpaired) electrons. The van der Waals surface area contributed by atoms with E-state index in [0.29, 0.717) is 23.0 Å². The predicted molar refractivity (Wildman–Crippen MR) is 72.6 cm³/mol. The first-order valence-electron chi connectivity index (χ1n) is 6.55. The van der Waals surface area contributed by atoms with Crippen LogP contribution in [-0.2, 0) is 0 Å². The van der Waals surface area contributed by atoms with Crippen LogP contribution in [0.1, 0.15) is 20.3 Å². The van der Waals surface area contributed by atoms with Crippen molar-refractivity contribution in [2.45, 2.75) is 26.3 Å². The average Bonchev–Trinajstić information content (AvgIpc) is 2.66. The van der Waals surface area contributed by atoms with Gasteiger partial charge in [-0.15, -0.1) is 5.10 Å². The Hall–Kier alpha value is -0.870. The SMILES string of the molecule is CC[C@@H]1C2CN(c3cnnc(Cl)c3)C[C@@]2(C)[C@@H]1N. The summed E-state index contributed by atoms with van der Waals surface area (Å²) in [5.74, 6) is 1.36. The predicted octanol–water partition coefficient (Wildman–Crippen LogP) is 1.94. The Morgan fingerprint density at radius 1 is 1.61 bits per heavy atom. The van der Waals surface area contributed by atoms with Gasteiger partial charge in [-0.1, -0.05) is 31.9 Å². The van der Waals surface area contributed by atoms with Gasteiger partial charge in [-0.2, -0.15) is 5.10 Å². The molecule has 2 N–H and O–H groups in total. The molecule has 1 aromatic heterocycles. The van der Waals surface area contributed by atoms with Crippen LogP contribution in [0.25, 0.3) is 0 Å². The zero-order valence-corrected chi connectivity index (χ0v) is 11.6. The normalized spacial score (nSPS) is 38.4. The minimum atomic E-state index is 0.246. The maximum absolute atomic E-state index is 6.34. The number of fused-ring (bicyclic) bond motifs is 1. The van der Waals surface area contributed by atoms with Crippen LogP contribution in [0.2, 0.25) is 5.15 Å². The van der Waals surface area contributed by atoms with Gasteiger partial charge in [0.25, 0.3) is 0 Å². The van der Waals surface area contributed by atoms with Gasteiger partial charge in [0, 0.05) is 30.6 Å². The number of hydrogen-bond acceptors (Lipinski definition) is 4. The van der Waals surface area contributed by atoms with Crippen LogP contribution in [0.15, 0.2) is 12.3 Å². The highest BCUT2D eigenvalue weighted by molar-refractivity contribution is 6.29. The summed E-state index contributed by atoms with van der Waals surface area (Å²) < 4.78 is 0. The lowest BCUT2D eigenvalue weighted by molar-refractivity contribution is -0.0153. The third kappa shape index (κ3) is 1.55. The van der Waals surface area contributed by atoms with E-state index < -0.39 is 0 Å². The number of hydrogen-bond donors (Lipinski definition) is 1. The van der Waals surface area contributed by atoms with E-state index in [1.807, 2.05) is 6.07 Å². The molecule has 0 aromatic carbocycles. The molecular formula is C13H19ClN4.